The Labute approximate surface area is 121 Å². The molecule has 2 saturated carbocycles. The van der Waals surface area contributed by atoms with Crippen molar-refractivity contribution in [2.24, 2.45) is 17.6 Å². The van der Waals surface area contributed by atoms with Crippen molar-refractivity contribution in [1.82, 2.24) is 14.5 Å². The van der Waals surface area contributed by atoms with E-state index in [4.69, 9.17) is 5.73 Å². The maximum absolute atomic E-state index is 6.28. The Morgan fingerprint density at radius 2 is 2.15 bits per heavy atom. The van der Waals surface area contributed by atoms with Gasteiger partial charge in [-0.1, -0.05) is 12.8 Å². The first-order valence-electron chi connectivity index (χ1n) is 8.26. The highest BCUT2D eigenvalue weighted by atomic mass is 15.3. The normalized spacial score (nSPS) is 35.0. The Morgan fingerprint density at radius 3 is 2.95 bits per heavy atom. The quantitative estimate of drug-likeness (QED) is 0.917. The fourth-order valence-electron chi connectivity index (χ4n) is 4.54. The highest BCUT2D eigenvalue weighted by molar-refractivity contribution is 5.04. The molecule has 3 aliphatic rings. The van der Waals surface area contributed by atoms with Crippen molar-refractivity contribution in [2.45, 2.75) is 57.2 Å². The average Bonchev–Trinajstić information content (AvgIpc) is 3.25. The molecular formula is C16H26N4. The van der Waals surface area contributed by atoms with Gasteiger partial charge in [-0.05, 0) is 37.5 Å². The maximum Gasteiger partial charge on any atom is 0.122 e. The lowest BCUT2D eigenvalue weighted by Gasteiger charge is -2.49. The van der Waals surface area contributed by atoms with Gasteiger partial charge in [0.15, 0.2) is 0 Å². The molecule has 0 bridgehead atoms. The molecule has 4 nitrogen and oxygen atoms in total. The van der Waals surface area contributed by atoms with E-state index in [9.17, 15) is 0 Å². The third-order valence-corrected chi connectivity index (χ3v) is 5.94. The van der Waals surface area contributed by atoms with Crippen LogP contribution in [0.2, 0.25) is 0 Å². The van der Waals surface area contributed by atoms with E-state index >= 15 is 0 Å². The highest BCUT2D eigenvalue weighted by Crippen LogP contribution is 2.48. The van der Waals surface area contributed by atoms with Crippen molar-refractivity contribution in [3.05, 3.63) is 18.2 Å². The van der Waals surface area contributed by atoms with Crippen LogP contribution in [0.4, 0.5) is 0 Å². The second kappa shape index (κ2) is 4.85. The maximum atomic E-state index is 6.28. The zero-order chi connectivity index (χ0) is 13.6. The van der Waals surface area contributed by atoms with Gasteiger partial charge in [0.2, 0.25) is 0 Å². The van der Waals surface area contributed by atoms with E-state index in [-0.39, 0.29) is 5.54 Å². The van der Waals surface area contributed by atoms with Crippen LogP contribution in [0.25, 0.3) is 0 Å². The third kappa shape index (κ3) is 2.09. The van der Waals surface area contributed by atoms with E-state index in [1.165, 1.54) is 44.3 Å². The Balaban J connectivity index is 1.54. The fraction of sp³-hybridized carbons (Fsp3) is 0.812. The molecule has 2 fully saturated rings. The van der Waals surface area contributed by atoms with E-state index in [0.29, 0.717) is 0 Å². The molecule has 4 heteroatoms. The molecule has 0 aromatic carbocycles. The van der Waals surface area contributed by atoms with Crippen LogP contribution in [0.15, 0.2) is 12.4 Å². The van der Waals surface area contributed by atoms with Crippen molar-refractivity contribution in [3.8, 4) is 0 Å². The van der Waals surface area contributed by atoms with E-state index in [0.717, 1.165) is 38.0 Å². The Bertz CT molecular complexity index is 479. The number of nitrogens with two attached hydrogens (primary N) is 1. The van der Waals surface area contributed by atoms with Crippen LogP contribution in [-0.2, 0) is 13.1 Å². The molecule has 1 aromatic rings. The number of aromatic nitrogens is 2. The lowest BCUT2D eigenvalue weighted by molar-refractivity contribution is 0.0101. The van der Waals surface area contributed by atoms with Crippen LogP contribution in [0.5, 0.6) is 0 Å². The summed E-state index contributed by atoms with van der Waals surface area (Å²) < 4.78 is 2.29. The van der Waals surface area contributed by atoms with Crippen molar-refractivity contribution in [3.63, 3.8) is 0 Å². The van der Waals surface area contributed by atoms with E-state index < -0.39 is 0 Å². The van der Waals surface area contributed by atoms with Gasteiger partial charge >= 0.3 is 0 Å². The summed E-state index contributed by atoms with van der Waals surface area (Å²) in [7, 11) is 0. The molecule has 4 rings (SSSR count). The lowest BCUT2D eigenvalue weighted by atomic mass is 9.72. The number of imidazole rings is 1. The van der Waals surface area contributed by atoms with Crippen molar-refractivity contribution < 1.29 is 0 Å². The summed E-state index contributed by atoms with van der Waals surface area (Å²) >= 11 is 0. The number of nitrogens with zero attached hydrogens (tertiary/aromatic N) is 3. The summed E-state index contributed by atoms with van der Waals surface area (Å²) in [4.78, 5) is 7.17. The zero-order valence-electron chi connectivity index (χ0n) is 12.3. The fourth-order valence-corrected chi connectivity index (χ4v) is 4.54. The van der Waals surface area contributed by atoms with Crippen LogP contribution in [0.1, 0.15) is 44.3 Å². The second-order valence-corrected chi connectivity index (χ2v) is 7.08. The minimum atomic E-state index is 0.253. The summed E-state index contributed by atoms with van der Waals surface area (Å²) in [6.45, 7) is 4.02. The van der Waals surface area contributed by atoms with Crippen molar-refractivity contribution in [2.75, 3.05) is 13.1 Å². The molecule has 2 heterocycles. The summed E-state index contributed by atoms with van der Waals surface area (Å²) in [5, 5.41) is 0. The standard InChI is InChI=1S/C16H26N4/c17-12-16(5-1-2-14(10-16)13-3-4-13)20-9-8-19-7-6-18-15(19)11-20/h6-7,13-14H,1-5,8-12,17H2. The molecule has 20 heavy (non-hydrogen) atoms. The molecule has 2 N–H and O–H groups in total. The van der Waals surface area contributed by atoms with E-state index in [1.807, 2.05) is 6.20 Å². The number of fused-ring (bicyclic) bond motifs is 1. The van der Waals surface area contributed by atoms with Gasteiger partial charge in [0.1, 0.15) is 5.82 Å². The number of hydrogen-bond acceptors (Lipinski definition) is 3. The van der Waals surface area contributed by atoms with E-state index in [2.05, 4.69) is 20.6 Å². The molecule has 1 aromatic heterocycles. The van der Waals surface area contributed by atoms with E-state index in [1.54, 1.807) is 0 Å². The smallest absolute Gasteiger partial charge is 0.122 e. The minimum Gasteiger partial charge on any atom is -0.333 e. The molecular weight excluding hydrogens is 248 g/mol. The SMILES string of the molecule is NCC1(N2CCn3ccnc3C2)CCCC(C2CC2)C1. The molecule has 2 atom stereocenters. The van der Waals surface area contributed by atoms with Crippen LogP contribution in [0, 0.1) is 11.8 Å². The monoisotopic (exact) mass is 274 g/mol. The number of hydrogen-bond donors (Lipinski definition) is 1. The number of rotatable bonds is 3. The topological polar surface area (TPSA) is 47.1 Å². The summed E-state index contributed by atoms with van der Waals surface area (Å²) in [6, 6.07) is 0. The van der Waals surface area contributed by atoms with Crippen LogP contribution >= 0.6 is 0 Å². The molecule has 0 radical (unpaired) electrons. The summed E-state index contributed by atoms with van der Waals surface area (Å²) in [6.07, 6.45) is 12.4. The van der Waals surface area contributed by atoms with Gasteiger partial charge in [0.25, 0.3) is 0 Å². The van der Waals surface area contributed by atoms with Crippen molar-refractivity contribution in [1.29, 1.82) is 0 Å². The molecule has 2 unspecified atom stereocenters. The Kier molecular flexibility index (Phi) is 3.11. The molecule has 0 amide bonds. The first-order chi connectivity index (χ1) is 9.81. The van der Waals surface area contributed by atoms with Crippen molar-refractivity contribution >= 4 is 0 Å². The zero-order valence-corrected chi connectivity index (χ0v) is 12.3. The second-order valence-electron chi connectivity index (χ2n) is 7.08. The first-order valence-corrected chi connectivity index (χ1v) is 8.26. The first kappa shape index (κ1) is 12.8. The minimum absolute atomic E-state index is 0.253. The molecule has 110 valence electrons. The summed E-state index contributed by atoms with van der Waals surface area (Å²) in [5.41, 5.74) is 6.53. The predicted octanol–water partition coefficient (Wildman–Crippen LogP) is 2.00. The predicted molar refractivity (Wildman–Crippen MR) is 79.1 cm³/mol. The lowest BCUT2D eigenvalue weighted by Crippen LogP contribution is -2.58. The third-order valence-electron chi connectivity index (χ3n) is 5.94. The van der Waals surface area contributed by atoms with Crippen LogP contribution in [-0.4, -0.2) is 33.1 Å². The average molecular weight is 274 g/mol. The van der Waals surface area contributed by atoms with Gasteiger partial charge in [-0.3, -0.25) is 4.90 Å². The van der Waals surface area contributed by atoms with Gasteiger partial charge in [-0.25, -0.2) is 4.98 Å². The van der Waals surface area contributed by atoms with Crippen LogP contribution < -0.4 is 5.73 Å². The van der Waals surface area contributed by atoms with Gasteiger partial charge < -0.3 is 10.3 Å². The van der Waals surface area contributed by atoms with Gasteiger partial charge in [0, 0.05) is 37.6 Å². The summed E-state index contributed by atoms with van der Waals surface area (Å²) in [5.74, 6) is 3.18. The van der Waals surface area contributed by atoms with Crippen LogP contribution in [0.3, 0.4) is 0 Å². The van der Waals surface area contributed by atoms with Gasteiger partial charge in [-0.15, -0.1) is 0 Å². The Hall–Kier alpha value is -0.870. The van der Waals surface area contributed by atoms with Gasteiger partial charge in [0.05, 0.1) is 6.54 Å². The van der Waals surface area contributed by atoms with Gasteiger partial charge in [-0.2, -0.15) is 0 Å². The molecule has 1 aliphatic heterocycles. The highest BCUT2D eigenvalue weighted by Gasteiger charge is 2.45. The molecule has 0 spiro atoms. The molecule has 2 aliphatic carbocycles. The Morgan fingerprint density at radius 1 is 1.25 bits per heavy atom. The molecule has 0 saturated heterocycles. The largest absolute Gasteiger partial charge is 0.333 e.